The quantitative estimate of drug-likeness (QED) is 0.292. The van der Waals surface area contributed by atoms with Gasteiger partial charge in [0.15, 0.2) is 5.16 Å². The van der Waals surface area contributed by atoms with Crippen molar-refractivity contribution >= 4 is 50.1 Å². The molecular formula is C22H22N6O4S2. The lowest BCUT2D eigenvalue weighted by Crippen LogP contribution is -2.23. The minimum absolute atomic E-state index is 0.000360. The molecule has 10 nitrogen and oxygen atoms in total. The standard InChI is InChI=1S/C22H22N6O4S2/c1-4-12-27-20(30)17-10-5-6-11-18(17)28-21(27)24-25-22(28)33-14-19(29)23-15-8-7-9-16(13-15)34(31,32)26(2)3/h4-11,13H,1,12,14H2,2-3H3,(H,23,29). The predicted molar refractivity (Wildman–Crippen MR) is 132 cm³/mol. The van der Waals surface area contributed by atoms with Crippen LogP contribution in [0.4, 0.5) is 5.69 Å². The van der Waals surface area contributed by atoms with Crippen molar-refractivity contribution in [2.45, 2.75) is 16.6 Å². The number of nitrogens with zero attached hydrogens (tertiary/aromatic N) is 5. The first kappa shape index (κ1) is 23.7. The van der Waals surface area contributed by atoms with E-state index in [-0.39, 0.29) is 28.7 Å². The van der Waals surface area contributed by atoms with E-state index in [0.717, 1.165) is 16.1 Å². The van der Waals surface area contributed by atoms with Gasteiger partial charge in [0.25, 0.3) is 5.56 Å². The number of allylic oxidation sites excluding steroid dienone is 1. The number of para-hydroxylation sites is 1. The van der Waals surface area contributed by atoms with Gasteiger partial charge in [-0.05, 0) is 30.3 Å². The number of sulfonamides is 1. The predicted octanol–water partition coefficient (Wildman–Crippen LogP) is 2.21. The van der Waals surface area contributed by atoms with Gasteiger partial charge in [0.2, 0.25) is 21.7 Å². The molecule has 1 amide bonds. The van der Waals surface area contributed by atoms with E-state index in [0.29, 0.717) is 27.5 Å². The highest BCUT2D eigenvalue weighted by Crippen LogP contribution is 2.23. The summed E-state index contributed by atoms with van der Waals surface area (Å²) in [6, 6.07) is 13.2. The summed E-state index contributed by atoms with van der Waals surface area (Å²) < 4.78 is 29.0. The second-order valence-corrected chi connectivity index (χ2v) is 10.6. The van der Waals surface area contributed by atoms with Gasteiger partial charge in [-0.25, -0.2) is 12.7 Å². The van der Waals surface area contributed by atoms with Crippen molar-refractivity contribution in [1.82, 2.24) is 23.5 Å². The summed E-state index contributed by atoms with van der Waals surface area (Å²) in [5.41, 5.74) is 0.805. The fraction of sp³-hybridized carbons (Fsp3) is 0.182. The Bertz CT molecular complexity index is 1570. The van der Waals surface area contributed by atoms with Crippen molar-refractivity contribution in [1.29, 1.82) is 0 Å². The molecule has 4 rings (SSSR count). The highest BCUT2D eigenvalue weighted by molar-refractivity contribution is 7.99. The molecule has 176 valence electrons. The molecule has 0 saturated heterocycles. The maximum atomic E-state index is 12.9. The number of nitrogens with one attached hydrogen (secondary N) is 1. The monoisotopic (exact) mass is 498 g/mol. The summed E-state index contributed by atoms with van der Waals surface area (Å²) >= 11 is 1.16. The minimum Gasteiger partial charge on any atom is -0.325 e. The van der Waals surface area contributed by atoms with Crippen LogP contribution in [0.15, 0.2) is 76.0 Å². The van der Waals surface area contributed by atoms with Crippen molar-refractivity contribution < 1.29 is 13.2 Å². The number of rotatable bonds is 8. The van der Waals surface area contributed by atoms with Crippen molar-refractivity contribution in [2.24, 2.45) is 0 Å². The first-order valence-corrected chi connectivity index (χ1v) is 12.6. The van der Waals surface area contributed by atoms with Gasteiger partial charge in [-0.3, -0.25) is 18.6 Å². The van der Waals surface area contributed by atoms with E-state index in [4.69, 9.17) is 0 Å². The molecule has 1 N–H and O–H groups in total. The Labute approximate surface area is 200 Å². The number of hydrogen-bond acceptors (Lipinski definition) is 7. The van der Waals surface area contributed by atoms with E-state index < -0.39 is 10.0 Å². The largest absolute Gasteiger partial charge is 0.325 e. The topological polar surface area (TPSA) is 119 Å². The van der Waals surface area contributed by atoms with Crippen LogP contribution in [-0.2, 0) is 21.4 Å². The van der Waals surface area contributed by atoms with Crippen LogP contribution in [-0.4, -0.2) is 57.6 Å². The number of thioether (sulfide) groups is 1. The molecule has 2 aromatic carbocycles. The molecule has 0 spiro atoms. The SMILES string of the molecule is C=CCn1c(=O)c2ccccc2n2c(SCC(=O)Nc3cccc(S(=O)(=O)N(C)C)c3)nnc12. The summed E-state index contributed by atoms with van der Waals surface area (Å²) in [5.74, 6) is 0.0124. The van der Waals surface area contributed by atoms with Crippen LogP contribution in [0.25, 0.3) is 16.7 Å². The van der Waals surface area contributed by atoms with Crippen LogP contribution in [0.1, 0.15) is 0 Å². The first-order chi connectivity index (χ1) is 16.2. The number of anilines is 1. The molecule has 0 aliphatic carbocycles. The molecule has 0 radical (unpaired) electrons. The minimum atomic E-state index is -3.62. The molecule has 0 atom stereocenters. The van der Waals surface area contributed by atoms with Gasteiger partial charge in [0.05, 0.1) is 21.6 Å². The van der Waals surface area contributed by atoms with Crippen LogP contribution >= 0.6 is 11.8 Å². The van der Waals surface area contributed by atoms with Crippen molar-refractivity contribution in [3.05, 3.63) is 71.5 Å². The molecule has 0 bridgehead atoms. The summed E-state index contributed by atoms with van der Waals surface area (Å²) in [6.07, 6.45) is 1.61. The van der Waals surface area contributed by atoms with Gasteiger partial charge in [-0.2, -0.15) is 0 Å². The average Bonchev–Trinajstić information content (AvgIpc) is 3.24. The smallest absolute Gasteiger partial charge is 0.263 e. The van der Waals surface area contributed by atoms with E-state index in [1.165, 1.54) is 30.8 Å². The number of amides is 1. The second kappa shape index (κ2) is 9.41. The lowest BCUT2D eigenvalue weighted by atomic mass is 10.2. The number of carbonyl (C=O) groups excluding carboxylic acids is 1. The summed E-state index contributed by atoms with van der Waals surface area (Å²) in [5, 5.41) is 12.0. The third-order valence-electron chi connectivity index (χ3n) is 5.02. The maximum Gasteiger partial charge on any atom is 0.263 e. The van der Waals surface area contributed by atoms with E-state index in [1.54, 1.807) is 40.8 Å². The van der Waals surface area contributed by atoms with Gasteiger partial charge in [-0.1, -0.05) is 36.0 Å². The molecule has 4 aromatic rings. The van der Waals surface area contributed by atoms with E-state index >= 15 is 0 Å². The molecule has 34 heavy (non-hydrogen) atoms. The zero-order valence-electron chi connectivity index (χ0n) is 18.5. The van der Waals surface area contributed by atoms with Crippen LogP contribution in [0.5, 0.6) is 0 Å². The molecule has 2 aromatic heterocycles. The fourth-order valence-electron chi connectivity index (χ4n) is 3.39. The van der Waals surface area contributed by atoms with Crippen molar-refractivity contribution in [3.8, 4) is 0 Å². The van der Waals surface area contributed by atoms with Gasteiger partial charge >= 0.3 is 0 Å². The Morgan fingerprint density at radius 1 is 1.18 bits per heavy atom. The van der Waals surface area contributed by atoms with Gasteiger partial charge in [-0.15, -0.1) is 16.8 Å². The fourth-order valence-corrected chi connectivity index (χ4v) is 5.08. The Morgan fingerprint density at radius 3 is 2.68 bits per heavy atom. The summed E-state index contributed by atoms with van der Waals surface area (Å²) in [6.45, 7) is 3.97. The Kier molecular flexibility index (Phi) is 6.55. The summed E-state index contributed by atoms with van der Waals surface area (Å²) in [7, 11) is -0.734. The van der Waals surface area contributed by atoms with Crippen LogP contribution in [0, 0.1) is 0 Å². The van der Waals surface area contributed by atoms with E-state index in [2.05, 4.69) is 22.1 Å². The first-order valence-electron chi connectivity index (χ1n) is 10.2. The van der Waals surface area contributed by atoms with Crippen molar-refractivity contribution in [2.75, 3.05) is 25.2 Å². The third kappa shape index (κ3) is 4.34. The Balaban J connectivity index is 1.60. The maximum absolute atomic E-state index is 12.9. The van der Waals surface area contributed by atoms with Crippen LogP contribution in [0.3, 0.4) is 0 Å². The van der Waals surface area contributed by atoms with E-state index in [1.807, 2.05) is 6.07 Å². The lowest BCUT2D eigenvalue weighted by molar-refractivity contribution is -0.113. The number of benzene rings is 2. The van der Waals surface area contributed by atoms with Crippen LogP contribution in [0.2, 0.25) is 0 Å². The van der Waals surface area contributed by atoms with E-state index in [9.17, 15) is 18.0 Å². The molecule has 0 aliphatic heterocycles. The number of aromatic nitrogens is 4. The van der Waals surface area contributed by atoms with Crippen molar-refractivity contribution in [3.63, 3.8) is 0 Å². The van der Waals surface area contributed by atoms with Gasteiger partial charge in [0, 0.05) is 26.3 Å². The zero-order valence-corrected chi connectivity index (χ0v) is 20.1. The summed E-state index contributed by atoms with van der Waals surface area (Å²) in [4.78, 5) is 25.6. The lowest BCUT2D eigenvalue weighted by Gasteiger charge is -2.12. The molecule has 0 fully saturated rings. The normalized spacial score (nSPS) is 11.9. The third-order valence-corrected chi connectivity index (χ3v) is 7.76. The second-order valence-electron chi connectivity index (χ2n) is 7.49. The Hall–Kier alpha value is -3.48. The highest BCUT2D eigenvalue weighted by Gasteiger charge is 2.19. The van der Waals surface area contributed by atoms with Gasteiger partial charge < -0.3 is 5.32 Å². The number of fused-ring (bicyclic) bond motifs is 3. The molecule has 12 heteroatoms. The Morgan fingerprint density at radius 2 is 1.94 bits per heavy atom. The van der Waals surface area contributed by atoms with Crippen LogP contribution < -0.4 is 10.9 Å². The number of hydrogen-bond donors (Lipinski definition) is 1. The molecule has 0 aliphatic rings. The zero-order chi connectivity index (χ0) is 24.5. The molecule has 0 unspecified atom stereocenters. The molecule has 0 saturated carbocycles. The average molecular weight is 499 g/mol. The van der Waals surface area contributed by atoms with Gasteiger partial charge in [0.1, 0.15) is 0 Å². The molecule has 2 heterocycles. The number of carbonyl (C=O) groups is 1. The molecular weight excluding hydrogens is 476 g/mol. The highest BCUT2D eigenvalue weighted by atomic mass is 32.2.